The van der Waals surface area contributed by atoms with Gasteiger partial charge in [-0.25, -0.2) is 15.0 Å². The van der Waals surface area contributed by atoms with Gasteiger partial charge in [0.2, 0.25) is 5.91 Å². The Morgan fingerprint density at radius 1 is 1.27 bits per heavy atom. The molecule has 0 spiro atoms. The van der Waals surface area contributed by atoms with Gasteiger partial charge in [0.15, 0.2) is 5.65 Å². The molecule has 22 heavy (non-hydrogen) atoms. The number of amides is 1. The summed E-state index contributed by atoms with van der Waals surface area (Å²) in [5.41, 5.74) is 3.67. The number of hydrogen-bond donors (Lipinski definition) is 1. The largest absolute Gasteiger partial charge is 0.341 e. The molecule has 1 aromatic carbocycles. The number of anilines is 1. The predicted molar refractivity (Wildman–Crippen MR) is 84.9 cm³/mol. The minimum atomic E-state index is 0.0984. The number of carbonyl (C=O) groups is 1. The lowest BCUT2D eigenvalue weighted by Gasteiger charge is -2.16. The van der Waals surface area contributed by atoms with E-state index in [9.17, 15) is 4.79 Å². The molecule has 0 saturated heterocycles. The molecule has 3 heterocycles. The van der Waals surface area contributed by atoms with Crippen LogP contribution in [0.25, 0.3) is 11.2 Å². The first-order valence-corrected chi connectivity index (χ1v) is 7.96. The Morgan fingerprint density at radius 3 is 3.14 bits per heavy atom. The monoisotopic (exact) mass is 311 g/mol. The summed E-state index contributed by atoms with van der Waals surface area (Å²) in [6.45, 7) is 0.752. The summed E-state index contributed by atoms with van der Waals surface area (Å²) in [5, 5.41) is 0.753. The molecule has 0 radical (unpaired) electrons. The van der Waals surface area contributed by atoms with Crippen LogP contribution in [0.1, 0.15) is 5.56 Å². The molecule has 6 nitrogen and oxygen atoms in total. The van der Waals surface area contributed by atoms with Crippen molar-refractivity contribution in [1.82, 2.24) is 19.9 Å². The second-order valence-corrected chi connectivity index (χ2v) is 5.96. The Hall–Kier alpha value is -2.41. The van der Waals surface area contributed by atoms with Crippen molar-refractivity contribution in [1.29, 1.82) is 0 Å². The zero-order chi connectivity index (χ0) is 14.9. The number of H-pyrrole nitrogens is 1. The fraction of sp³-hybridized carbons (Fsp3) is 0.200. The molecule has 3 aromatic rings. The Kier molecular flexibility index (Phi) is 3.27. The lowest BCUT2D eigenvalue weighted by Crippen LogP contribution is -2.30. The zero-order valence-corrected chi connectivity index (χ0v) is 12.5. The molecule has 110 valence electrons. The van der Waals surface area contributed by atoms with Gasteiger partial charge in [-0.15, -0.1) is 0 Å². The fourth-order valence-electron chi connectivity index (χ4n) is 2.66. The average molecular weight is 311 g/mol. The quantitative estimate of drug-likeness (QED) is 0.592. The Labute approximate surface area is 131 Å². The number of hydrogen-bond acceptors (Lipinski definition) is 5. The van der Waals surface area contributed by atoms with Crippen molar-refractivity contribution < 1.29 is 4.79 Å². The number of rotatable bonds is 3. The molecule has 0 saturated carbocycles. The van der Waals surface area contributed by atoms with E-state index in [0.717, 1.165) is 29.2 Å². The lowest BCUT2D eigenvalue weighted by atomic mass is 10.2. The Bertz CT molecular complexity index is 847. The normalized spacial score (nSPS) is 13.5. The number of benzene rings is 1. The van der Waals surface area contributed by atoms with Gasteiger partial charge in [-0.05, 0) is 18.1 Å². The Morgan fingerprint density at radius 2 is 2.18 bits per heavy atom. The van der Waals surface area contributed by atoms with Crippen molar-refractivity contribution >= 4 is 34.5 Å². The van der Waals surface area contributed by atoms with Gasteiger partial charge in [0.25, 0.3) is 0 Å². The van der Waals surface area contributed by atoms with Crippen molar-refractivity contribution in [3.63, 3.8) is 0 Å². The van der Waals surface area contributed by atoms with Crippen LogP contribution in [0.2, 0.25) is 0 Å². The van der Waals surface area contributed by atoms with E-state index in [0.29, 0.717) is 11.4 Å². The van der Waals surface area contributed by atoms with Crippen LogP contribution in [0.4, 0.5) is 5.69 Å². The molecule has 1 aliphatic rings. The number of fused-ring (bicyclic) bond motifs is 2. The smallest absolute Gasteiger partial charge is 0.237 e. The molecule has 4 rings (SSSR count). The van der Waals surface area contributed by atoms with Crippen molar-refractivity contribution in [2.75, 3.05) is 17.2 Å². The summed E-state index contributed by atoms with van der Waals surface area (Å²) in [7, 11) is 0. The number of carbonyl (C=O) groups excluding carboxylic acids is 1. The van der Waals surface area contributed by atoms with Crippen molar-refractivity contribution in [2.24, 2.45) is 0 Å². The van der Waals surface area contributed by atoms with Gasteiger partial charge < -0.3 is 9.88 Å². The van der Waals surface area contributed by atoms with Gasteiger partial charge >= 0.3 is 0 Å². The molecular weight excluding hydrogens is 298 g/mol. The van der Waals surface area contributed by atoms with E-state index in [4.69, 9.17) is 0 Å². The van der Waals surface area contributed by atoms with Gasteiger partial charge in [-0.3, -0.25) is 4.79 Å². The Balaban J connectivity index is 1.51. The summed E-state index contributed by atoms with van der Waals surface area (Å²) >= 11 is 1.41. The van der Waals surface area contributed by atoms with Gasteiger partial charge in [-0.1, -0.05) is 30.0 Å². The minimum Gasteiger partial charge on any atom is -0.341 e. The van der Waals surface area contributed by atoms with E-state index in [2.05, 4.69) is 26.0 Å². The molecule has 1 amide bonds. The second-order valence-electron chi connectivity index (χ2n) is 4.99. The standard InChI is InChI=1S/C15H13N5OS/c21-12(20-6-5-10-3-1-2-4-11(10)20)7-22-15-13-14(17-8-16-13)18-9-19-15/h1-4,8-9H,5-7H2,(H,16,17,18,19). The summed E-state index contributed by atoms with van der Waals surface area (Å²) in [4.78, 5) is 29.8. The maximum atomic E-state index is 12.5. The van der Waals surface area contributed by atoms with Gasteiger partial charge in [0.05, 0.1) is 12.1 Å². The van der Waals surface area contributed by atoms with E-state index >= 15 is 0 Å². The molecule has 7 heteroatoms. The molecule has 0 atom stereocenters. The number of nitrogens with zero attached hydrogens (tertiary/aromatic N) is 4. The highest BCUT2D eigenvalue weighted by Gasteiger charge is 2.24. The predicted octanol–water partition coefficient (Wildman–Crippen LogP) is 2.03. The van der Waals surface area contributed by atoms with Gasteiger partial charge in [0.1, 0.15) is 16.9 Å². The number of aromatic nitrogens is 4. The van der Waals surface area contributed by atoms with Crippen LogP contribution >= 0.6 is 11.8 Å². The van der Waals surface area contributed by atoms with Crippen LogP contribution in [0, 0.1) is 0 Å². The summed E-state index contributed by atoms with van der Waals surface area (Å²) < 4.78 is 0. The van der Waals surface area contributed by atoms with Crippen molar-refractivity contribution in [3.05, 3.63) is 42.5 Å². The van der Waals surface area contributed by atoms with E-state index in [-0.39, 0.29) is 5.91 Å². The molecular formula is C15H13N5OS. The molecule has 2 aromatic heterocycles. The molecule has 0 aliphatic carbocycles. The maximum Gasteiger partial charge on any atom is 0.237 e. The minimum absolute atomic E-state index is 0.0984. The SMILES string of the molecule is O=C(CSc1ncnc2nc[nH]c12)N1CCc2ccccc21. The van der Waals surface area contributed by atoms with Crippen LogP contribution in [0.3, 0.4) is 0 Å². The van der Waals surface area contributed by atoms with Crippen LogP contribution in [0.5, 0.6) is 0 Å². The summed E-state index contributed by atoms with van der Waals surface area (Å²) in [6, 6.07) is 8.06. The maximum absolute atomic E-state index is 12.5. The van der Waals surface area contributed by atoms with Crippen molar-refractivity contribution in [3.8, 4) is 0 Å². The number of aromatic amines is 1. The fourth-order valence-corrected chi connectivity index (χ4v) is 3.49. The zero-order valence-electron chi connectivity index (χ0n) is 11.7. The third-order valence-corrected chi connectivity index (χ3v) is 4.68. The average Bonchev–Trinajstić information content (AvgIpc) is 3.19. The number of imidazole rings is 1. The van der Waals surface area contributed by atoms with Crippen LogP contribution in [-0.2, 0) is 11.2 Å². The highest BCUT2D eigenvalue weighted by Crippen LogP contribution is 2.29. The first kappa shape index (κ1) is 13.3. The first-order valence-electron chi connectivity index (χ1n) is 6.98. The van der Waals surface area contributed by atoms with Crippen LogP contribution in [-0.4, -0.2) is 38.1 Å². The lowest BCUT2D eigenvalue weighted by molar-refractivity contribution is -0.116. The van der Waals surface area contributed by atoms with Gasteiger partial charge in [0, 0.05) is 12.2 Å². The van der Waals surface area contributed by atoms with E-state index in [1.165, 1.54) is 23.7 Å². The third kappa shape index (κ3) is 2.23. The van der Waals surface area contributed by atoms with E-state index in [1.807, 2.05) is 23.1 Å². The highest BCUT2D eigenvalue weighted by atomic mass is 32.2. The van der Waals surface area contributed by atoms with Crippen LogP contribution in [0.15, 0.2) is 41.9 Å². The molecule has 0 unspecified atom stereocenters. The number of thioether (sulfide) groups is 1. The van der Waals surface area contributed by atoms with E-state index in [1.54, 1.807) is 6.33 Å². The summed E-state index contributed by atoms with van der Waals surface area (Å²) in [6.07, 6.45) is 3.98. The number of para-hydroxylation sites is 1. The van der Waals surface area contributed by atoms with Crippen LogP contribution < -0.4 is 4.90 Å². The first-order chi connectivity index (χ1) is 10.8. The highest BCUT2D eigenvalue weighted by molar-refractivity contribution is 8.00. The van der Waals surface area contributed by atoms with Gasteiger partial charge in [-0.2, -0.15) is 0 Å². The molecule has 0 fully saturated rings. The topological polar surface area (TPSA) is 74.8 Å². The third-order valence-electron chi connectivity index (χ3n) is 3.71. The molecule has 1 aliphatic heterocycles. The molecule has 0 bridgehead atoms. The van der Waals surface area contributed by atoms with E-state index < -0.39 is 0 Å². The van der Waals surface area contributed by atoms with Crippen molar-refractivity contribution in [2.45, 2.75) is 11.4 Å². The number of nitrogens with one attached hydrogen (secondary N) is 1. The second kappa shape index (κ2) is 5.42. The molecule has 1 N–H and O–H groups in total. The summed E-state index contributed by atoms with van der Waals surface area (Å²) in [5.74, 6) is 0.445.